The van der Waals surface area contributed by atoms with Gasteiger partial charge in [0.25, 0.3) is 0 Å². The molecule has 10 nitrogen and oxygen atoms in total. The largest absolute Gasteiger partial charge is 0.444 e. The molecule has 2 fully saturated rings. The van der Waals surface area contributed by atoms with Gasteiger partial charge in [0.2, 0.25) is 0 Å². The van der Waals surface area contributed by atoms with Gasteiger partial charge >= 0.3 is 12.1 Å². The topological polar surface area (TPSA) is 118 Å². The molecule has 12 heteroatoms. The number of fused-ring (bicyclic) bond motifs is 1. The fraction of sp³-hybridized carbons (Fsp3) is 0.364. The van der Waals surface area contributed by atoms with Crippen LogP contribution < -0.4 is 16.0 Å². The number of likely N-dealkylation sites (tertiary alicyclic amines) is 1. The van der Waals surface area contributed by atoms with Crippen LogP contribution in [0.3, 0.4) is 0 Å². The second-order valence-electron chi connectivity index (χ2n) is 8.35. The highest BCUT2D eigenvalue weighted by atomic mass is 19.1. The van der Waals surface area contributed by atoms with E-state index >= 15 is 0 Å². The van der Waals surface area contributed by atoms with E-state index in [0.717, 1.165) is 18.6 Å². The lowest BCUT2D eigenvalue weighted by atomic mass is 10.0. The molecule has 3 aromatic rings. The Morgan fingerprint density at radius 3 is 2.85 bits per heavy atom. The molecule has 0 spiro atoms. The van der Waals surface area contributed by atoms with E-state index in [2.05, 4.69) is 15.4 Å². The van der Waals surface area contributed by atoms with Crippen molar-refractivity contribution in [2.45, 2.75) is 31.4 Å². The number of nitrogens with two attached hydrogens (primary N) is 1. The van der Waals surface area contributed by atoms with Crippen molar-refractivity contribution in [2.75, 3.05) is 29.9 Å². The van der Waals surface area contributed by atoms with Gasteiger partial charge in [-0.25, -0.2) is 27.9 Å². The number of anilines is 2. The Hall–Kier alpha value is -3.96. The number of hydrogen-bond donors (Lipinski definition) is 2. The number of amides is 3. The molecule has 2 atom stereocenters. The first-order valence-corrected chi connectivity index (χ1v) is 11.0. The van der Waals surface area contributed by atoms with Crippen LogP contribution in [-0.4, -0.2) is 57.4 Å². The van der Waals surface area contributed by atoms with Gasteiger partial charge in [0.15, 0.2) is 5.65 Å². The number of carbonyl (C=O) groups excluding carboxylic acids is 2. The quantitative estimate of drug-likeness (QED) is 0.604. The van der Waals surface area contributed by atoms with Crippen molar-refractivity contribution in [3.05, 3.63) is 53.9 Å². The van der Waals surface area contributed by atoms with Crippen molar-refractivity contribution in [3.63, 3.8) is 0 Å². The summed E-state index contributed by atoms with van der Waals surface area (Å²) in [6.07, 6.45) is 3.86. The van der Waals surface area contributed by atoms with E-state index in [4.69, 9.17) is 10.5 Å². The number of nitrogens with zero attached hydrogens (tertiary/aromatic N) is 5. The van der Waals surface area contributed by atoms with E-state index in [1.54, 1.807) is 12.3 Å². The predicted octanol–water partition coefficient (Wildman–Crippen LogP) is 3.05. The molecule has 3 amide bonds. The molecule has 0 radical (unpaired) electrons. The van der Waals surface area contributed by atoms with Crippen LogP contribution in [0.25, 0.3) is 5.65 Å². The number of urea groups is 1. The lowest BCUT2D eigenvalue weighted by Gasteiger charge is -2.26. The zero-order valence-corrected chi connectivity index (χ0v) is 18.2. The maximum atomic E-state index is 14.5. The molecule has 1 aromatic carbocycles. The van der Waals surface area contributed by atoms with Gasteiger partial charge < -0.3 is 25.6 Å². The summed E-state index contributed by atoms with van der Waals surface area (Å²) in [4.78, 5) is 31.8. The third-order valence-electron chi connectivity index (χ3n) is 6.18. The molecule has 178 valence electrons. The fourth-order valence-electron chi connectivity index (χ4n) is 4.61. The van der Waals surface area contributed by atoms with Gasteiger partial charge in [0, 0.05) is 31.3 Å². The van der Waals surface area contributed by atoms with Gasteiger partial charge in [-0.3, -0.25) is 0 Å². The van der Waals surface area contributed by atoms with Crippen LogP contribution in [0, 0.1) is 11.6 Å². The summed E-state index contributed by atoms with van der Waals surface area (Å²) in [7, 11) is 0. The molecule has 0 bridgehead atoms. The van der Waals surface area contributed by atoms with Crippen LogP contribution in [0.15, 0.2) is 36.7 Å². The minimum absolute atomic E-state index is 0.237. The molecule has 3 N–H and O–H groups in total. The number of nitrogens with one attached hydrogen (secondary N) is 1. The zero-order chi connectivity index (χ0) is 23.8. The molecule has 0 saturated carbocycles. The van der Waals surface area contributed by atoms with E-state index in [9.17, 15) is 18.4 Å². The summed E-state index contributed by atoms with van der Waals surface area (Å²) in [6.45, 7) is 1.28. The Kier molecular flexibility index (Phi) is 5.64. The standard InChI is InChI=1S/C22H23F2N7O3/c23-13-3-4-16(24)15(10-13)18-2-1-7-30(18)19-6-9-31-20(28-19)17(11-26-31)27-22(33)29-8-5-14(12-29)34-21(25)32/h3-4,6,9-11,14,18H,1-2,5,7-8,12H2,(H2,25,32)(H,27,33)/t14-,18+/m0/s1. The number of aromatic nitrogens is 3. The SMILES string of the molecule is NC(=O)O[C@H]1CCN(C(=O)Nc2cnn3ccc(N4CCC[C@@H]4c4cc(F)ccc4F)nc23)C1. The Morgan fingerprint density at radius 2 is 2.03 bits per heavy atom. The summed E-state index contributed by atoms with van der Waals surface area (Å²) in [5, 5.41) is 7.03. The Labute approximate surface area is 193 Å². The van der Waals surface area contributed by atoms with E-state index in [1.807, 2.05) is 4.90 Å². The van der Waals surface area contributed by atoms with Gasteiger partial charge in [-0.2, -0.15) is 5.10 Å². The van der Waals surface area contributed by atoms with E-state index in [0.29, 0.717) is 48.6 Å². The molecule has 4 heterocycles. The number of primary amides is 1. The van der Waals surface area contributed by atoms with Crippen molar-refractivity contribution >= 4 is 29.3 Å². The third kappa shape index (κ3) is 4.18. The van der Waals surface area contributed by atoms with Crippen molar-refractivity contribution in [3.8, 4) is 0 Å². The molecular weight excluding hydrogens is 448 g/mol. The highest BCUT2D eigenvalue weighted by Gasteiger charge is 2.31. The summed E-state index contributed by atoms with van der Waals surface area (Å²) < 4.78 is 34.7. The van der Waals surface area contributed by atoms with Gasteiger partial charge in [0.1, 0.15) is 29.2 Å². The molecule has 34 heavy (non-hydrogen) atoms. The Bertz CT molecular complexity index is 1250. The van der Waals surface area contributed by atoms with Gasteiger partial charge in [-0.05, 0) is 37.1 Å². The van der Waals surface area contributed by atoms with Crippen LogP contribution in [0.2, 0.25) is 0 Å². The van der Waals surface area contributed by atoms with E-state index < -0.39 is 23.8 Å². The van der Waals surface area contributed by atoms with Crippen LogP contribution in [-0.2, 0) is 4.74 Å². The van der Waals surface area contributed by atoms with Gasteiger partial charge in [0.05, 0.1) is 18.8 Å². The Balaban J connectivity index is 1.36. The van der Waals surface area contributed by atoms with E-state index in [1.165, 1.54) is 21.7 Å². The summed E-state index contributed by atoms with van der Waals surface area (Å²) in [6, 6.07) is 4.50. The van der Waals surface area contributed by atoms with Crippen LogP contribution in [0.1, 0.15) is 30.9 Å². The van der Waals surface area contributed by atoms with Crippen LogP contribution >= 0.6 is 0 Å². The van der Waals surface area contributed by atoms with Crippen molar-refractivity contribution in [1.82, 2.24) is 19.5 Å². The van der Waals surface area contributed by atoms with Crippen LogP contribution in [0.4, 0.5) is 29.9 Å². The number of hydrogen-bond acceptors (Lipinski definition) is 6. The molecule has 2 aliphatic rings. The fourth-order valence-corrected chi connectivity index (χ4v) is 4.61. The predicted molar refractivity (Wildman–Crippen MR) is 118 cm³/mol. The Morgan fingerprint density at radius 1 is 1.18 bits per heavy atom. The van der Waals surface area contributed by atoms with Gasteiger partial charge in [-0.15, -0.1) is 0 Å². The van der Waals surface area contributed by atoms with Crippen molar-refractivity contribution in [1.29, 1.82) is 0 Å². The minimum atomic E-state index is -0.870. The molecule has 0 aliphatic carbocycles. The van der Waals surface area contributed by atoms with Crippen LogP contribution in [0.5, 0.6) is 0 Å². The maximum Gasteiger partial charge on any atom is 0.404 e. The average Bonchev–Trinajstić information content (AvgIpc) is 3.55. The maximum absolute atomic E-state index is 14.5. The molecule has 2 aliphatic heterocycles. The summed E-state index contributed by atoms with van der Waals surface area (Å²) >= 11 is 0. The number of rotatable bonds is 4. The third-order valence-corrected chi connectivity index (χ3v) is 6.18. The number of carbonyl (C=O) groups is 2. The zero-order valence-electron chi connectivity index (χ0n) is 18.2. The van der Waals surface area contributed by atoms with Crippen molar-refractivity contribution in [2.24, 2.45) is 5.73 Å². The normalized spacial score (nSPS) is 20.2. The summed E-state index contributed by atoms with van der Waals surface area (Å²) in [5.74, 6) is -0.371. The average molecular weight is 471 g/mol. The van der Waals surface area contributed by atoms with Crippen molar-refractivity contribution < 1.29 is 23.1 Å². The molecule has 2 saturated heterocycles. The highest BCUT2D eigenvalue weighted by molar-refractivity contribution is 5.93. The van der Waals surface area contributed by atoms with Gasteiger partial charge in [-0.1, -0.05) is 0 Å². The smallest absolute Gasteiger partial charge is 0.404 e. The molecule has 2 aromatic heterocycles. The first kappa shape index (κ1) is 21.9. The molecule has 5 rings (SSSR count). The first-order chi connectivity index (χ1) is 16.4. The summed E-state index contributed by atoms with van der Waals surface area (Å²) in [5.41, 5.74) is 6.16. The molecular formula is C22H23F2N7O3. The van der Waals surface area contributed by atoms with E-state index in [-0.39, 0.29) is 18.6 Å². The number of benzene rings is 1. The molecule has 0 unspecified atom stereocenters. The second-order valence-corrected chi connectivity index (χ2v) is 8.35. The first-order valence-electron chi connectivity index (χ1n) is 11.0. The lowest BCUT2D eigenvalue weighted by molar-refractivity contribution is 0.111. The monoisotopic (exact) mass is 471 g/mol. The second kappa shape index (κ2) is 8.76. The highest BCUT2D eigenvalue weighted by Crippen LogP contribution is 2.37. The lowest BCUT2D eigenvalue weighted by Crippen LogP contribution is -2.34. The minimum Gasteiger partial charge on any atom is -0.444 e. The number of ether oxygens (including phenoxy) is 1. The number of halogens is 2.